The molecule has 0 bridgehead atoms. The Hall–Kier alpha value is -1.99. The second kappa shape index (κ2) is 8.03. The number of piperidine rings is 1. The molecule has 1 amide bonds. The molecule has 1 saturated carbocycles. The van der Waals surface area contributed by atoms with Gasteiger partial charge in [0.2, 0.25) is 5.91 Å². The average Bonchev–Trinajstić information content (AvgIpc) is 3.30. The minimum atomic E-state index is -0.142. The summed E-state index contributed by atoms with van der Waals surface area (Å²) in [6.07, 6.45) is 6.68. The van der Waals surface area contributed by atoms with Crippen molar-refractivity contribution in [3.63, 3.8) is 0 Å². The third-order valence-electron chi connectivity index (χ3n) is 6.67. The van der Waals surface area contributed by atoms with Crippen molar-refractivity contribution < 1.29 is 4.79 Å². The topological polar surface area (TPSA) is 57.2 Å². The minimum Gasteiger partial charge on any atom is -0.341 e. The van der Waals surface area contributed by atoms with Crippen molar-refractivity contribution in [2.75, 3.05) is 26.2 Å². The van der Waals surface area contributed by atoms with Crippen molar-refractivity contribution in [2.45, 2.75) is 56.5 Å². The minimum absolute atomic E-state index is 0.142. The largest absolute Gasteiger partial charge is 0.341 e. The maximum atomic E-state index is 13.6. The van der Waals surface area contributed by atoms with Crippen LogP contribution in [0.5, 0.6) is 0 Å². The van der Waals surface area contributed by atoms with Crippen molar-refractivity contribution >= 4 is 18.1 Å². The van der Waals surface area contributed by atoms with Gasteiger partial charge < -0.3 is 9.47 Å². The van der Waals surface area contributed by atoms with E-state index < -0.39 is 0 Å². The number of nitrogens with zero attached hydrogens (tertiary/aromatic N) is 4. The van der Waals surface area contributed by atoms with E-state index in [2.05, 4.69) is 36.7 Å². The summed E-state index contributed by atoms with van der Waals surface area (Å²) in [4.78, 5) is 18.0. The molecule has 1 unspecified atom stereocenters. The van der Waals surface area contributed by atoms with Gasteiger partial charge in [0, 0.05) is 25.0 Å². The lowest BCUT2D eigenvalue weighted by atomic mass is 9.94. The number of hydrogen-bond acceptors (Lipinski definition) is 4. The van der Waals surface area contributed by atoms with Crippen LogP contribution in [-0.2, 0) is 4.79 Å². The van der Waals surface area contributed by atoms with Crippen molar-refractivity contribution in [3.05, 3.63) is 46.5 Å². The summed E-state index contributed by atoms with van der Waals surface area (Å²) in [5.74, 6) is 1.75. The molecule has 2 aliphatic heterocycles. The highest BCUT2D eigenvalue weighted by Crippen LogP contribution is 2.39. The third kappa shape index (κ3) is 3.78. The number of H-pyrrole nitrogens is 1. The van der Waals surface area contributed by atoms with Crippen molar-refractivity contribution in [2.24, 2.45) is 0 Å². The van der Waals surface area contributed by atoms with E-state index in [1.54, 1.807) is 0 Å². The van der Waals surface area contributed by atoms with Gasteiger partial charge >= 0.3 is 0 Å². The molecule has 0 spiro atoms. The van der Waals surface area contributed by atoms with E-state index in [4.69, 9.17) is 12.2 Å². The molecule has 2 aromatic rings. The normalized spacial score (nSPS) is 22.1. The number of carbonyl (C=O) groups is 1. The predicted octanol–water partition coefficient (Wildman–Crippen LogP) is 3.82. The van der Waals surface area contributed by atoms with Gasteiger partial charge in [-0.2, -0.15) is 5.10 Å². The number of hydrogen-bond donors (Lipinski definition) is 1. The van der Waals surface area contributed by atoms with E-state index in [0.29, 0.717) is 12.0 Å². The van der Waals surface area contributed by atoms with Gasteiger partial charge in [-0.3, -0.25) is 14.8 Å². The van der Waals surface area contributed by atoms with Gasteiger partial charge in [0.1, 0.15) is 11.9 Å². The Labute approximate surface area is 176 Å². The highest BCUT2D eigenvalue weighted by molar-refractivity contribution is 7.71. The van der Waals surface area contributed by atoms with Gasteiger partial charge in [-0.25, -0.2) is 0 Å². The summed E-state index contributed by atoms with van der Waals surface area (Å²) in [5.41, 5.74) is 1.12. The molecular weight excluding hydrogens is 382 g/mol. The van der Waals surface area contributed by atoms with Gasteiger partial charge in [0.25, 0.3) is 0 Å². The van der Waals surface area contributed by atoms with Gasteiger partial charge in [0.05, 0.1) is 0 Å². The number of amides is 1. The van der Waals surface area contributed by atoms with Gasteiger partial charge in [0.15, 0.2) is 4.77 Å². The van der Waals surface area contributed by atoms with E-state index in [1.165, 1.54) is 25.7 Å². The number of rotatable bonds is 5. The molecule has 1 aromatic heterocycles. The van der Waals surface area contributed by atoms with Crippen LogP contribution >= 0.6 is 12.2 Å². The van der Waals surface area contributed by atoms with Gasteiger partial charge in [-0.15, -0.1) is 0 Å². The molecule has 3 heterocycles. The first-order chi connectivity index (χ1) is 14.2. The van der Waals surface area contributed by atoms with E-state index in [1.807, 2.05) is 18.2 Å². The second-order valence-corrected chi connectivity index (χ2v) is 9.03. The lowest BCUT2D eigenvalue weighted by Crippen LogP contribution is -2.45. The number of aromatic amines is 1. The summed E-state index contributed by atoms with van der Waals surface area (Å²) in [7, 11) is 0. The van der Waals surface area contributed by atoms with Crippen LogP contribution in [0.25, 0.3) is 0 Å². The number of carbonyl (C=O) groups excluding carboxylic acids is 1. The quantitative estimate of drug-likeness (QED) is 0.760. The summed E-state index contributed by atoms with van der Waals surface area (Å²) in [6.45, 7) is 3.62. The first-order valence-corrected chi connectivity index (χ1v) is 11.4. The number of likely N-dealkylation sites (tertiary alicyclic amines) is 2. The predicted molar refractivity (Wildman–Crippen MR) is 114 cm³/mol. The second-order valence-electron chi connectivity index (χ2n) is 8.64. The van der Waals surface area contributed by atoms with Crippen LogP contribution in [0, 0.1) is 4.77 Å². The highest BCUT2D eigenvalue weighted by Gasteiger charge is 2.36. The zero-order chi connectivity index (χ0) is 19.8. The summed E-state index contributed by atoms with van der Waals surface area (Å²) in [5, 5.41) is 7.55. The van der Waals surface area contributed by atoms with Crippen LogP contribution < -0.4 is 0 Å². The molecule has 0 radical (unpaired) electrons. The molecule has 2 saturated heterocycles. The molecule has 29 heavy (non-hydrogen) atoms. The lowest BCUT2D eigenvalue weighted by Gasteiger charge is -2.36. The first kappa shape index (κ1) is 19.0. The van der Waals surface area contributed by atoms with E-state index in [-0.39, 0.29) is 11.9 Å². The Bertz CT molecular complexity index is 905. The molecule has 3 fully saturated rings. The Morgan fingerprint density at radius 2 is 1.72 bits per heavy atom. The molecule has 6 nitrogen and oxygen atoms in total. The summed E-state index contributed by atoms with van der Waals surface area (Å²) >= 11 is 5.45. The molecule has 1 atom stereocenters. The number of benzene rings is 1. The number of aromatic nitrogens is 3. The summed E-state index contributed by atoms with van der Waals surface area (Å²) < 4.78 is 2.98. The zero-order valence-corrected chi connectivity index (χ0v) is 17.6. The van der Waals surface area contributed by atoms with Gasteiger partial charge in [-0.05, 0) is 69.4 Å². The van der Waals surface area contributed by atoms with Crippen molar-refractivity contribution in [3.8, 4) is 0 Å². The lowest BCUT2D eigenvalue weighted by molar-refractivity contribution is -0.138. The maximum absolute atomic E-state index is 13.6. The van der Waals surface area contributed by atoms with Crippen LogP contribution in [0.1, 0.15) is 67.9 Å². The highest BCUT2D eigenvalue weighted by atomic mass is 32.1. The SMILES string of the molecule is O=C(C(c1ccccc1)N1CCCC1)N1CCC(c2n[nH]c(=S)n2C2CC2)CC1. The van der Waals surface area contributed by atoms with Gasteiger partial charge in [-0.1, -0.05) is 30.3 Å². The van der Waals surface area contributed by atoms with E-state index in [0.717, 1.165) is 55.2 Å². The van der Waals surface area contributed by atoms with E-state index in [9.17, 15) is 4.79 Å². The zero-order valence-electron chi connectivity index (χ0n) is 16.8. The van der Waals surface area contributed by atoms with Crippen LogP contribution in [0.2, 0.25) is 0 Å². The monoisotopic (exact) mass is 411 g/mol. The van der Waals surface area contributed by atoms with Crippen molar-refractivity contribution in [1.82, 2.24) is 24.6 Å². The fraction of sp³-hybridized carbons (Fsp3) is 0.591. The summed E-state index contributed by atoms with van der Waals surface area (Å²) in [6, 6.07) is 10.7. The molecule has 1 N–H and O–H groups in total. The van der Waals surface area contributed by atoms with E-state index >= 15 is 0 Å². The molecule has 5 rings (SSSR count). The molecular formula is C22H29N5OS. The van der Waals surface area contributed by atoms with Crippen molar-refractivity contribution in [1.29, 1.82) is 0 Å². The molecule has 154 valence electrons. The Morgan fingerprint density at radius 3 is 2.38 bits per heavy atom. The molecule has 3 aliphatic rings. The average molecular weight is 412 g/mol. The standard InChI is InChI=1S/C22H29N5OS/c28-21(19(25-12-4-5-13-25)16-6-2-1-3-7-16)26-14-10-17(11-15-26)20-23-24-22(29)27(20)18-8-9-18/h1-3,6-7,17-19H,4-5,8-15H2,(H,24,29). The Kier molecular flexibility index (Phi) is 5.26. The fourth-order valence-corrected chi connectivity index (χ4v) is 5.25. The maximum Gasteiger partial charge on any atom is 0.244 e. The van der Waals surface area contributed by atoms with Crippen LogP contribution in [0.15, 0.2) is 30.3 Å². The first-order valence-electron chi connectivity index (χ1n) is 11.0. The molecule has 7 heteroatoms. The third-order valence-corrected chi connectivity index (χ3v) is 6.96. The van der Waals surface area contributed by atoms with Crippen LogP contribution in [-0.4, -0.2) is 56.7 Å². The van der Waals surface area contributed by atoms with Crippen LogP contribution in [0.4, 0.5) is 0 Å². The molecule has 1 aliphatic carbocycles. The fourth-order valence-electron chi connectivity index (χ4n) is 4.97. The Balaban J connectivity index is 1.30. The smallest absolute Gasteiger partial charge is 0.244 e. The van der Waals surface area contributed by atoms with Crippen LogP contribution in [0.3, 0.4) is 0 Å². The molecule has 1 aromatic carbocycles. The Morgan fingerprint density at radius 1 is 1.03 bits per heavy atom. The number of nitrogens with one attached hydrogen (secondary N) is 1.